The molecule has 0 N–H and O–H groups in total. The lowest BCUT2D eigenvalue weighted by molar-refractivity contribution is 0.112. The van der Waals surface area contributed by atoms with Gasteiger partial charge in [-0.2, -0.15) is 0 Å². The van der Waals surface area contributed by atoms with E-state index in [-0.39, 0.29) is 0 Å². The van der Waals surface area contributed by atoms with Crippen LogP contribution in [0.15, 0.2) is 30.3 Å². The number of ether oxygens (including phenoxy) is 1. The topological polar surface area (TPSA) is 26.3 Å². The van der Waals surface area contributed by atoms with Crippen LogP contribution in [0.4, 0.5) is 0 Å². The summed E-state index contributed by atoms with van der Waals surface area (Å²) in [6.07, 6.45) is 0.865. The molecule has 0 amide bonds. The molecule has 88 valence electrons. The Balaban J connectivity index is 2.04. The molecule has 2 aromatic rings. The van der Waals surface area contributed by atoms with Crippen molar-refractivity contribution >= 4 is 29.2 Å². The van der Waals surface area contributed by atoms with E-state index in [0.29, 0.717) is 11.6 Å². The molecule has 0 spiro atoms. The largest absolute Gasteiger partial charge is 0.489 e. The minimum atomic E-state index is 0.470. The van der Waals surface area contributed by atoms with Crippen LogP contribution in [-0.4, -0.2) is 6.29 Å². The van der Waals surface area contributed by atoms with E-state index in [1.165, 1.54) is 11.3 Å². The smallest absolute Gasteiger partial charge is 0.160 e. The van der Waals surface area contributed by atoms with Gasteiger partial charge in [-0.3, -0.25) is 4.79 Å². The minimum Gasteiger partial charge on any atom is -0.489 e. The Morgan fingerprint density at radius 1 is 1.35 bits per heavy atom. The molecule has 4 heteroatoms. The number of carbonyl (C=O) groups excluding carboxylic acids is 1. The Kier molecular flexibility index (Phi) is 3.82. The van der Waals surface area contributed by atoms with Crippen LogP contribution in [0.1, 0.15) is 20.1 Å². The fourth-order valence-electron chi connectivity index (χ4n) is 1.44. The summed E-state index contributed by atoms with van der Waals surface area (Å²) in [7, 11) is 0. The van der Waals surface area contributed by atoms with E-state index in [4.69, 9.17) is 16.3 Å². The number of aryl methyl sites for hydroxylation is 1. The average molecular weight is 267 g/mol. The second-order valence-electron chi connectivity index (χ2n) is 3.59. The third-order valence-corrected chi connectivity index (χ3v) is 3.63. The molecule has 1 aromatic heterocycles. The molecule has 0 unspecified atom stereocenters. The van der Waals surface area contributed by atoms with Crippen LogP contribution in [0.25, 0.3) is 0 Å². The van der Waals surface area contributed by atoms with Crippen molar-refractivity contribution < 1.29 is 9.53 Å². The van der Waals surface area contributed by atoms with Crippen LogP contribution in [0.2, 0.25) is 5.02 Å². The molecule has 0 atom stereocenters. The number of halogens is 1. The fraction of sp³-hybridized carbons (Fsp3) is 0.154. The van der Waals surface area contributed by atoms with Gasteiger partial charge in [0.25, 0.3) is 0 Å². The summed E-state index contributed by atoms with van der Waals surface area (Å²) in [6.45, 7) is 2.45. The molecular formula is C13H11ClO2S. The number of thiophene rings is 1. The first kappa shape index (κ1) is 12.1. The average Bonchev–Trinajstić information content (AvgIpc) is 2.69. The van der Waals surface area contributed by atoms with Gasteiger partial charge in [0.1, 0.15) is 12.4 Å². The fourth-order valence-corrected chi connectivity index (χ4v) is 2.42. The molecule has 0 aliphatic heterocycles. The van der Waals surface area contributed by atoms with Gasteiger partial charge in [0.05, 0.1) is 4.88 Å². The maximum Gasteiger partial charge on any atom is 0.160 e. The van der Waals surface area contributed by atoms with Gasteiger partial charge in [0.2, 0.25) is 0 Å². The molecule has 1 aromatic carbocycles. The Hall–Kier alpha value is -1.32. The van der Waals surface area contributed by atoms with Gasteiger partial charge in [-0.1, -0.05) is 11.6 Å². The molecule has 0 saturated carbocycles. The Morgan fingerprint density at radius 2 is 2.06 bits per heavy atom. The second kappa shape index (κ2) is 5.34. The highest BCUT2D eigenvalue weighted by molar-refractivity contribution is 7.13. The Labute approximate surface area is 109 Å². The van der Waals surface area contributed by atoms with E-state index in [2.05, 4.69) is 0 Å². The molecule has 2 nitrogen and oxygen atoms in total. The first-order valence-corrected chi connectivity index (χ1v) is 6.31. The summed E-state index contributed by atoms with van der Waals surface area (Å²) in [5.41, 5.74) is 1.05. The number of rotatable bonds is 4. The van der Waals surface area contributed by atoms with Crippen molar-refractivity contribution in [1.82, 2.24) is 0 Å². The molecule has 0 bridgehead atoms. The number of benzene rings is 1. The van der Waals surface area contributed by atoms with Crippen LogP contribution >= 0.6 is 22.9 Å². The van der Waals surface area contributed by atoms with E-state index in [9.17, 15) is 4.79 Å². The highest BCUT2D eigenvalue weighted by Crippen LogP contribution is 2.22. The molecule has 2 rings (SSSR count). The van der Waals surface area contributed by atoms with Crippen LogP contribution in [0, 0.1) is 6.92 Å². The first-order chi connectivity index (χ1) is 8.19. The summed E-state index contributed by atoms with van der Waals surface area (Å²) in [6, 6.07) is 9.08. The quantitative estimate of drug-likeness (QED) is 0.779. The highest BCUT2D eigenvalue weighted by atomic mass is 35.5. The van der Waals surface area contributed by atoms with Crippen molar-refractivity contribution in [3.63, 3.8) is 0 Å². The minimum absolute atomic E-state index is 0.470. The van der Waals surface area contributed by atoms with Crippen molar-refractivity contribution in [3.05, 3.63) is 50.7 Å². The third kappa shape index (κ3) is 3.08. The zero-order chi connectivity index (χ0) is 12.3. The van der Waals surface area contributed by atoms with E-state index < -0.39 is 0 Å². The van der Waals surface area contributed by atoms with Gasteiger partial charge >= 0.3 is 0 Å². The molecule has 0 aliphatic carbocycles. The number of carbonyl (C=O) groups is 1. The normalized spacial score (nSPS) is 10.2. The maximum atomic E-state index is 10.6. The zero-order valence-corrected chi connectivity index (χ0v) is 10.8. The van der Waals surface area contributed by atoms with Gasteiger partial charge in [-0.25, -0.2) is 0 Å². The predicted octanol–water partition coefficient (Wildman–Crippen LogP) is 4.10. The third-order valence-electron chi connectivity index (χ3n) is 2.36. The summed E-state index contributed by atoms with van der Waals surface area (Å²) in [5, 5.41) is 0.687. The lowest BCUT2D eigenvalue weighted by atomic mass is 10.2. The van der Waals surface area contributed by atoms with Crippen LogP contribution in [-0.2, 0) is 6.61 Å². The van der Waals surface area contributed by atoms with Gasteiger partial charge in [-0.15, -0.1) is 11.3 Å². The Bertz CT molecular complexity index is 517. The van der Waals surface area contributed by atoms with E-state index >= 15 is 0 Å². The maximum absolute atomic E-state index is 10.6. The molecule has 0 radical (unpaired) electrons. The number of hydrogen-bond donors (Lipinski definition) is 0. The summed E-state index contributed by atoms with van der Waals surface area (Å²) < 4.78 is 5.62. The van der Waals surface area contributed by atoms with Gasteiger partial charge < -0.3 is 4.74 Å². The molecule has 0 saturated heterocycles. The molecule has 0 aliphatic rings. The number of aldehydes is 1. The Morgan fingerprint density at radius 3 is 2.65 bits per heavy atom. The first-order valence-electron chi connectivity index (χ1n) is 5.12. The van der Waals surface area contributed by atoms with Crippen LogP contribution in [0.5, 0.6) is 5.75 Å². The van der Waals surface area contributed by atoms with Crippen molar-refractivity contribution in [3.8, 4) is 5.75 Å². The van der Waals surface area contributed by atoms with Gasteiger partial charge in [0, 0.05) is 15.5 Å². The monoisotopic (exact) mass is 266 g/mol. The van der Waals surface area contributed by atoms with E-state index in [0.717, 1.165) is 27.4 Å². The van der Waals surface area contributed by atoms with Crippen LogP contribution < -0.4 is 4.74 Å². The van der Waals surface area contributed by atoms with Crippen molar-refractivity contribution in [2.45, 2.75) is 13.5 Å². The second-order valence-corrected chi connectivity index (χ2v) is 5.31. The molecule has 0 fully saturated rings. The summed E-state index contributed by atoms with van der Waals surface area (Å²) in [4.78, 5) is 12.5. The highest BCUT2D eigenvalue weighted by Gasteiger charge is 2.05. The van der Waals surface area contributed by atoms with Gasteiger partial charge in [0.15, 0.2) is 6.29 Å². The summed E-state index contributed by atoms with van der Waals surface area (Å²) >= 11 is 7.27. The van der Waals surface area contributed by atoms with Crippen molar-refractivity contribution in [1.29, 1.82) is 0 Å². The van der Waals surface area contributed by atoms with Crippen molar-refractivity contribution in [2.75, 3.05) is 0 Å². The van der Waals surface area contributed by atoms with Crippen molar-refractivity contribution in [2.24, 2.45) is 0 Å². The summed E-state index contributed by atoms with van der Waals surface area (Å²) in [5.74, 6) is 0.771. The van der Waals surface area contributed by atoms with Crippen LogP contribution in [0.3, 0.4) is 0 Å². The lowest BCUT2D eigenvalue weighted by Crippen LogP contribution is -1.94. The molecule has 17 heavy (non-hydrogen) atoms. The van der Waals surface area contributed by atoms with Gasteiger partial charge in [-0.05, 0) is 37.3 Å². The molecular weight excluding hydrogens is 256 g/mol. The standard InChI is InChI=1S/C13H11ClO2S/c1-9-10(6-13(7-15)17-9)8-16-12-4-2-11(14)3-5-12/h2-7H,8H2,1H3. The zero-order valence-electron chi connectivity index (χ0n) is 9.27. The SMILES string of the molecule is Cc1sc(C=O)cc1COc1ccc(Cl)cc1. The van der Waals surface area contributed by atoms with E-state index in [1.54, 1.807) is 12.1 Å². The number of hydrogen-bond acceptors (Lipinski definition) is 3. The van der Waals surface area contributed by atoms with E-state index in [1.807, 2.05) is 25.1 Å². The lowest BCUT2D eigenvalue weighted by Gasteiger charge is -2.05. The molecule has 1 heterocycles. The predicted molar refractivity (Wildman–Crippen MR) is 70.2 cm³/mol.